The Hall–Kier alpha value is 0.150. The van der Waals surface area contributed by atoms with Gasteiger partial charge in [-0.1, -0.05) is 11.6 Å². The molecule has 1 heterocycles. The molecule has 2 rings (SSSR count). The molecule has 1 unspecified atom stereocenters. The highest BCUT2D eigenvalue weighted by Gasteiger charge is 2.35. The first-order chi connectivity index (χ1) is 8.46. The maximum atomic E-state index is 12.5. The van der Waals surface area contributed by atoms with Gasteiger partial charge in [0.25, 0.3) is 0 Å². The molecule has 1 saturated heterocycles. The summed E-state index contributed by atoms with van der Waals surface area (Å²) in [5, 5.41) is 0.498. The molecule has 0 aromatic heterocycles. The van der Waals surface area contributed by atoms with Gasteiger partial charge in [0, 0.05) is 28.6 Å². The van der Waals surface area contributed by atoms with Crippen LogP contribution in [0, 0.1) is 0 Å². The summed E-state index contributed by atoms with van der Waals surface area (Å²) in [5.41, 5.74) is 5.62. The van der Waals surface area contributed by atoms with Crippen molar-refractivity contribution >= 4 is 50.0 Å². The van der Waals surface area contributed by atoms with Crippen molar-refractivity contribution in [2.75, 3.05) is 13.1 Å². The van der Waals surface area contributed by atoms with E-state index in [2.05, 4.69) is 15.9 Å². The molecular formula is C11H15BrCl2N2O2S. The van der Waals surface area contributed by atoms with E-state index in [4.69, 9.17) is 17.3 Å². The number of sulfonamides is 1. The van der Waals surface area contributed by atoms with Crippen molar-refractivity contribution in [2.24, 2.45) is 5.73 Å². The summed E-state index contributed by atoms with van der Waals surface area (Å²) in [6.45, 7) is 0.879. The van der Waals surface area contributed by atoms with Crippen LogP contribution in [0.1, 0.15) is 12.8 Å². The molecule has 2 N–H and O–H groups in total. The Labute approximate surface area is 132 Å². The molecule has 0 saturated carbocycles. The number of rotatable bonds is 3. The lowest BCUT2D eigenvalue weighted by molar-refractivity contribution is 0.393. The standard InChI is InChI=1S/C11H14BrClN2O2S.ClH/c12-10-6-8(13)3-4-11(10)18(16,17)15-5-1-2-9(15)7-14;/h3-4,6,9H,1-2,5,7,14H2;1H. The number of halogens is 3. The molecule has 8 heteroatoms. The molecule has 1 aliphatic rings. The van der Waals surface area contributed by atoms with Crippen LogP contribution >= 0.6 is 39.9 Å². The van der Waals surface area contributed by atoms with Gasteiger partial charge in [0.1, 0.15) is 0 Å². The maximum absolute atomic E-state index is 12.5. The number of nitrogens with two attached hydrogens (primary N) is 1. The van der Waals surface area contributed by atoms with Crippen LogP contribution in [0.3, 0.4) is 0 Å². The van der Waals surface area contributed by atoms with E-state index in [1.165, 1.54) is 10.4 Å². The van der Waals surface area contributed by atoms with E-state index in [9.17, 15) is 8.42 Å². The van der Waals surface area contributed by atoms with Crippen molar-refractivity contribution in [3.05, 3.63) is 27.7 Å². The zero-order valence-corrected chi connectivity index (χ0v) is 14.0. The first-order valence-electron chi connectivity index (χ1n) is 5.64. The summed E-state index contributed by atoms with van der Waals surface area (Å²) in [5.74, 6) is 0. The van der Waals surface area contributed by atoms with Crippen molar-refractivity contribution in [1.29, 1.82) is 0 Å². The summed E-state index contributed by atoms with van der Waals surface area (Å²) in [7, 11) is -3.50. The molecule has 4 nitrogen and oxygen atoms in total. The zero-order chi connectivity index (χ0) is 13.3. The first-order valence-corrected chi connectivity index (χ1v) is 8.25. The van der Waals surface area contributed by atoms with Gasteiger partial charge in [0.05, 0.1) is 4.90 Å². The van der Waals surface area contributed by atoms with Crippen LogP contribution in [-0.2, 0) is 10.0 Å². The van der Waals surface area contributed by atoms with E-state index in [-0.39, 0.29) is 23.3 Å². The Morgan fingerprint density at radius 3 is 2.74 bits per heavy atom. The average molecular weight is 390 g/mol. The summed E-state index contributed by atoms with van der Waals surface area (Å²) in [4.78, 5) is 0.243. The van der Waals surface area contributed by atoms with Gasteiger partial charge in [-0.2, -0.15) is 4.31 Å². The fourth-order valence-electron chi connectivity index (χ4n) is 2.17. The third kappa shape index (κ3) is 3.43. The van der Waals surface area contributed by atoms with Crippen LogP contribution < -0.4 is 5.73 Å². The summed E-state index contributed by atoms with van der Waals surface area (Å²) >= 11 is 9.07. The largest absolute Gasteiger partial charge is 0.329 e. The van der Waals surface area contributed by atoms with Crippen molar-refractivity contribution in [1.82, 2.24) is 4.31 Å². The molecular weight excluding hydrogens is 375 g/mol. The minimum Gasteiger partial charge on any atom is -0.329 e. The minimum absolute atomic E-state index is 0. The molecule has 108 valence electrons. The number of hydrogen-bond acceptors (Lipinski definition) is 3. The molecule has 1 fully saturated rings. The fraction of sp³-hybridized carbons (Fsp3) is 0.455. The second-order valence-electron chi connectivity index (χ2n) is 4.22. The van der Waals surface area contributed by atoms with Crippen molar-refractivity contribution in [3.8, 4) is 0 Å². The first kappa shape index (κ1) is 17.2. The van der Waals surface area contributed by atoms with Crippen molar-refractivity contribution in [2.45, 2.75) is 23.8 Å². The van der Waals surface area contributed by atoms with E-state index in [0.29, 0.717) is 22.6 Å². The molecule has 0 radical (unpaired) electrons. The molecule has 1 aromatic rings. The highest BCUT2D eigenvalue weighted by molar-refractivity contribution is 9.10. The lowest BCUT2D eigenvalue weighted by atomic mass is 10.2. The Balaban J connectivity index is 0.00000180. The summed E-state index contributed by atoms with van der Waals surface area (Å²) < 4.78 is 27.0. The van der Waals surface area contributed by atoms with Crippen LogP contribution in [-0.4, -0.2) is 31.9 Å². The quantitative estimate of drug-likeness (QED) is 0.864. The lowest BCUT2D eigenvalue weighted by Gasteiger charge is -2.23. The van der Waals surface area contributed by atoms with Gasteiger partial charge in [0.2, 0.25) is 10.0 Å². The Bertz CT molecular complexity index is 554. The predicted octanol–water partition coefficient (Wildman–Crippen LogP) is 2.64. The van der Waals surface area contributed by atoms with E-state index in [1.807, 2.05) is 0 Å². The highest BCUT2D eigenvalue weighted by Crippen LogP contribution is 2.31. The Morgan fingerprint density at radius 1 is 1.47 bits per heavy atom. The summed E-state index contributed by atoms with van der Waals surface area (Å²) in [6.07, 6.45) is 1.67. The number of hydrogen-bond donors (Lipinski definition) is 1. The molecule has 0 spiro atoms. The third-order valence-electron chi connectivity index (χ3n) is 3.08. The molecule has 0 amide bonds. The van der Waals surface area contributed by atoms with Gasteiger partial charge in [-0.3, -0.25) is 0 Å². The van der Waals surface area contributed by atoms with Crippen molar-refractivity contribution in [3.63, 3.8) is 0 Å². The van der Waals surface area contributed by atoms with Gasteiger partial charge < -0.3 is 5.73 Å². The van der Waals surface area contributed by atoms with E-state index in [0.717, 1.165) is 12.8 Å². The number of nitrogens with zero attached hydrogens (tertiary/aromatic N) is 1. The second kappa shape index (κ2) is 6.74. The van der Waals surface area contributed by atoms with Crippen LogP contribution in [0.25, 0.3) is 0 Å². The minimum atomic E-state index is -3.50. The van der Waals surface area contributed by atoms with E-state index >= 15 is 0 Å². The van der Waals surface area contributed by atoms with Gasteiger partial charge in [-0.15, -0.1) is 12.4 Å². The normalized spacial score (nSPS) is 20.3. The van der Waals surface area contributed by atoms with E-state index < -0.39 is 10.0 Å². The van der Waals surface area contributed by atoms with Gasteiger partial charge >= 0.3 is 0 Å². The van der Waals surface area contributed by atoms with Gasteiger partial charge in [-0.25, -0.2) is 8.42 Å². The number of benzene rings is 1. The van der Waals surface area contributed by atoms with Crippen LogP contribution in [0.2, 0.25) is 5.02 Å². The molecule has 1 atom stereocenters. The van der Waals surface area contributed by atoms with Crippen molar-refractivity contribution < 1.29 is 8.42 Å². The van der Waals surface area contributed by atoms with Gasteiger partial charge in [-0.05, 0) is 47.0 Å². The van der Waals surface area contributed by atoms with E-state index in [1.54, 1.807) is 12.1 Å². The smallest absolute Gasteiger partial charge is 0.244 e. The van der Waals surface area contributed by atoms with Crippen LogP contribution in [0.5, 0.6) is 0 Å². The highest BCUT2D eigenvalue weighted by atomic mass is 79.9. The van der Waals surface area contributed by atoms with Crippen LogP contribution in [0.4, 0.5) is 0 Å². The molecule has 1 aliphatic heterocycles. The molecule has 19 heavy (non-hydrogen) atoms. The third-order valence-corrected chi connectivity index (χ3v) is 6.24. The second-order valence-corrected chi connectivity index (χ2v) is 7.37. The zero-order valence-electron chi connectivity index (χ0n) is 10.1. The SMILES string of the molecule is Cl.NCC1CCCN1S(=O)(=O)c1ccc(Cl)cc1Br. The fourth-order valence-corrected chi connectivity index (χ4v) is 5.22. The predicted molar refractivity (Wildman–Crippen MR) is 82.4 cm³/mol. The topological polar surface area (TPSA) is 63.4 Å². The molecule has 1 aromatic carbocycles. The lowest BCUT2D eigenvalue weighted by Crippen LogP contribution is -2.39. The average Bonchev–Trinajstić information content (AvgIpc) is 2.76. The van der Waals surface area contributed by atoms with Crippen LogP contribution in [0.15, 0.2) is 27.6 Å². The summed E-state index contributed by atoms with van der Waals surface area (Å²) in [6, 6.07) is 4.58. The maximum Gasteiger partial charge on any atom is 0.244 e. The molecule has 0 bridgehead atoms. The Morgan fingerprint density at radius 2 is 2.16 bits per heavy atom. The monoisotopic (exact) mass is 388 g/mol. The van der Waals surface area contributed by atoms with Gasteiger partial charge in [0.15, 0.2) is 0 Å². The Kier molecular flexibility index (Phi) is 6.10. The molecule has 0 aliphatic carbocycles.